The van der Waals surface area contributed by atoms with E-state index in [0.29, 0.717) is 5.92 Å². The van der Waals surface area contributed by atoms with Crippen LogP contribution in [0.5, 0.6) is 0 Å². The first kappa shape index (κ1) is 15.3. The molecule has 4 heteroatoms. The first-order valence-electron chi connectivity index (χ1n) is 7.19. The smallest absolute Gasteiger partial charge is 0.320 e. The van der Waals surface area contributed by atoms with Gasteiger partial charge in [-0.2, -0.15) is 0 Å². The molecular weight excluding hydrogens is 226 g/mol. The third kappa shape index (κ3) is 5.25. The van der Waals surface area contributed by atoms with Gasteiger partial charge < -0.3 is 14.7 Å². The Balaban J connectivity index is 2.53. The second kappa shape index (κ2) is 7.62. The van der Waals surface area contributed by atoms with Crippen LogP contribution in [0.2, 0.25) is 0 Å². The third-order valence-electron chi connectivity index (χ3n) is 3.30. The summed E-state index contributed by atoms with van der Waals surface area (Å²) >= 11 is 0. The molecule has 0 bridgehead atoms. The molecule has 0 radical (unpaired) electrons. The minimum atomic E-state index is 0.241. The van der Waals surface area contributed by atoms with E-state index in [1.165, 1.54) is 6.42 Å². The molecule has 0 unspecified atom stereocenters. The molecule has 0 spiro atoms. The highest BCUT2D eigenvalue weighted by Crippen LogP contribution is 2.12. The SMILES string of the molecule is CC(C)CN(CCN(C)C)C(=O)N1CCCCC1. The van der Waals surface area contributed by atoms with Crippen LogP contribution in [0.25, 0.3) is 0 Å². The fraction of sp³-hybridized carbons (Fsp3) is 0.929. The lowest BCUT2D eigenvalue weighted by Crippen LogP contribution is -2.48. The molecular formula is C14H29N3O. The highest BCUT2D eigenvalue weighted by atomic mass is 16.2. The Hall–Kier alpha value is -0.770. The van der Waals surface area contributed by atoms with Crippen molar-refractivity contribution in [1.82, 2.24) is 14.7 Å². The van der Waals surface area contributed by atoms with Crippen LogP contribution in [0.4, 0.5) is 4.79 Å². The molecule has 0 aromatic heterocycles. The summed E-state index contributed by atoms with van der Waals surface area (Å²) in [5, 5.41) is 0. The zero-order valence-corrected chi connectivity index (χ0v) is 12.5. The fourth-order valence-corrected chi connectivity index (χ4v) is 2.31. The van der Waals surface area contributed by atoms with Gasteiger partial charge in [-0.15, -0.1) is 0 Å². The Morgan fingerprint density at radius 2 is 1.72 bits per heavy atom. The Kier molecular flexibility index (Phi) is 6.47. The number of likely N-dealkylation sites (tertiary alicyclic amines) is 1. The number of carbonyl (C=O) groups is 1. The van der Waals surface area contributed by atoms with E-state index in [9.17, 15) is 4.79 Å². The lowest BCUT2D eigenvalue weighted by atomic mass is 10.1. The largest absolute Gasteiger partial charge is 0.325 e. The van der Waals surface area contributed by atoms with Crippen molar-refractivity contribution in [2.24, 2.45) is 5.92 Å². The molecule has 1 fully saturated rings. The summed E-state index contributed by atoms with van der Waals surface area (Å²) in [5.41, 5.74) is 0. The van der Waals surface area contributed by atoms with Crippen molar-refractivity contribution in [3.05, 3.63) is 0 Å². The summed E-state index contributed by atoms with van der Waals surface area (Å²) in [7, 11) is 4.11. The monoisotopic (exact) mass is 255 g/mol. The van der Waals surface area contributed by atoms with Gasteiger partial charge in [0, 0.05) is 32.7 Å². The quantitative estimate of drug-likeness (QED) is 0.752. The van der Waals surface area contributed by atoms with Crippen LogP contribution in [0, 0.1) is 5.92 Å². The highest BCUT2D eigenvalue weighted by Gasteiger charge is 2.22. The van der Waals surface area contributed by atoms with Gasteiger partial charge in [0.05, 0.1) is 0 Å². The molecule has 0 N–H and O–H groups in total. The van der Waals surface area contributed by atoms with E-state index in [1.54, 1.807) is 0 Å². The molecule has 1 aliphatic rings. The van der Waals surface area contributed by atoms with Crippen molar-refractivity contribution in [2.45, 2.75) is 33.1 Å². The van der Waals surface area contributed by atoms with Crippen LogP contribution in [-0.2, 0) is 0 Å². The number of urea groups is 1. The van der Waals surface area contributed by atoms with Gasteiger partial charge in [0.1, 0.15) is 0 Å². The van der Waals surface area contributed by atoms with Crippen LogP contribution in [0.3, 0.4) is 0 Å². The van der Waals surface area contributed by atoms with E-state index in [2.05, 4.69) is 32.8 Å². The van der Waals surface area contributed by atoms with Crippen LogP contribution < -0.4 is 0 Å². The average Bonchev–Trinajstić information content (AvgIpc) is 2.34. The van der Waals surface area contributed by atoms with E-state index < -0.39 is 0 Å². The van der Waals surface area contributed by atoms with E-state index >= 15 is 0 Å². The number of rotatable bonds is 5. The van der Waals surface area contributed by atoms with Gasteiger partial charge in [-0.25, -0.2) is 4.79 Å². The average molecular weight is 255 g/mol. The lowest BCUT2D eigenvalue weighted by Gasteiger charge is -2.34. The Morgan fingerprint density at radius 3 is 2.22 bits per heavy atom. The van der Waals surface area contributed by atoms with Gasteiger partial charge in [-0.3, -0.25) is 0 Å². The second-order valence-electron chi connectivity index (χ2n) is 5.97. The number of piperidine rings is 1. The minimum absolute atomic E-state index is 0.241. The van der Waals surface area contributed by atoms with Crippen molar-refractivity contribution >= 4 is 6.03 Å². The lowest BCUT2D eigenvalue weighted by molar-refractivity contribution is 0.134. The Bertz CT molecular complexity index is 247. The maximum Gasteiger partial charge on any atom is 0.320 e. The molecule has 106 valence electrons. The first-order chi connectivity index (χ1) is 8.50. The summed E-state index contributed by atoms with van der Waals surface area (Å²) < 4.78 is 0. The van der Waals surface area contributed by atoms with Crippen molar-refractivity contribution in [1.29, 1.82) is 0 Å². The Labute approximate surface area is 112 Å². The molecule has 0 aromatic carbocycles. The molecule has 1 heterocycles. The molecule has 18 heavy (non-hydrogen) atoms. The summed E-state index contributed by atoms with van der Waals surface area (Å²) in [5.74, 6) is 0.529. The third-order valence-corrected chi connectivity index (χ3v) is 3.30. The maximum atomic E-state index is 12.5. The molecule has 0 aliphatic carbocycles. The van der Waals surface area contributed by atoms with Crippen LogP contribution in [0.15, 0.2) is 0 Å². The molecule has 0 aromatic rings. The predicted molar refractivity (Wildman–Crippen MR) is 75.8 cm³/mol. The topological polar surface area (TPSA) is 26.8 Å². The number of hydrogen-bond donors (Lipinski definition) is 0. The van der Waals surface area contributed by atoms with Crippen LogP contribution >= 0.6 is 0 Å². The van der Waals surface area contributed by atoms with Gasteiger partial charge in [-0.05, 0) is 39.3 Å². The highest BCUT2D eigenvalue weighted by molar-refractivity contribution is 5.74. The Morgan fingerprint density at radius 1 is 1.11 bits per heavy atom. The fourth-order valence-electron chi connectivity index (χ4n) is 2.31. The van der Waals surface area contributed by atoms with Gasteiger partial charge in [0.25, 0.3) is 0 Å². The van der Waals surface area contributed by atoms with E-state index in [0.717, 1.165) is 45.6 Å². The molecule has 4 nitrogen and oxygen atoms in total. The van der Waals surface area contributed by atoms with E-state index in [1.807, 2.05) is 9.80 Å². The summed E-state index contributed by atoms with van der Waals surface area (Å²) in [6.45, 7) is 8.86. The zero-order valence-electron chi connectivity index (χ0n) is 12.5. The number of carbonyl (C=O) groups excluding carboxylic acids is 1. The molecule has 1 aliphatic heterocycles. The maximum absolute atomic E-state index is 12.5. The van der Waals surface area contributed by atoms with Gasteiger partial charge >= 0.3 is 6.03 Å². The molecule has 0 saturated carbocycles. The van der Waals surface area contributed by atoms with Crippen molar-refractivity contribution < 1.29 is 4.79 Å². The summed E-state index contributed by atoms with van der Waals surface area (Å²) in [6, 6.07) is 0.241. The van der Waals surface area contributed by atoms with Crippen molar-refractivity contribution in [3.8, 4) is 0 Å². The number of nitrogens with zero attached hydrogens (tertiary/aromatic N) is 3. The number of likely N-dealkylation sites (N-methyl/N-ethyl adjacent to an activating group) is 1. The first-order valence-corrected chi connectivity index (χ1v) is 7.19. The molecule has 0 atom stereocenters. The van der Waals surface area contributed by atoms with Gasteiger partial charge in [0.15, 0.2) is 0 Å². The van der Waals surface area contributed by atoms with Crippen LogP contribution in [-0.4, -0.2) is 67.5 Å². The van der Waals surface area contributed by atoms with E-state index in [4.69, 9.17) is 0 Å². The number of amides is 2. The van der Waals surface area contributed by atoms with Crippen LogP contribution in [0.1, 0.15) is 33.1 Å². The minimum Gasteiger partial charge on any atom is -0.325 e. The second-order valence-corrected chi connectivity index (χ2v) is 5.97. The van der Waals surface area contributed by atoms with Crippen molar-refractivity contribution in [3.63, 3.8) is 0 Å². The standard InChI is InChI=1S/C14H29N3O/c1-13(2)12-17(11-10-15(3)4)14(18)16-8-6-5-7-9-16/h13H,5-12H2,1-4H3. The van der Waals surface area contributed by atoms with Crippen molar-refractivity contribution in [2.75, 3.05) is 46.8 Å². The van der Waals surface area contributed by atoms with Gasteiger partial charge in [0.2, 0.25) is 0 Å². The predicted octanol–water partition coefficient (Wildman–Crippen LogP) is 2.11. The molecule has 2 amide bonds. The normalized spacial score (nSPS) is 16.4. The summed E-state index contributed by atoms with van der Waals surface area (Å²) in [4.78, 5) is 18.7. The number of hydrogen-bond acceptors (Lipinski definition) is 2. The zero-order chi connectivity index (χ0) is 13.5. The summed E-state index contributed by atoms with van der Waals surface area (Å²) in [6.07, 6.45) is 3.59. The molecule has 1 rings (SSSR count). The molecule has 1 saturated heterocycles. The van der Waals surface area contributed by atoms with Gasteiger partial charge in [-0.1, -0.05) is 13.8 Å². The van der Waals surface area contributed by atoms with E-state index in [-0.39, 0.29) is 6.03 Å².